The number of hydrogen-bond acceptors (Lipinski definition) is 4. The van der Waals surface area contributed by atoms with Gasteiger partial charge in [-0.05, 0) is 30.9 Å². The standard InChI is InChI=1S/C16H20N6O2/c17-16(24)20-9-12-2-1-6-21(10-12)15(23)13-3-4-19-14(8-13)22-7-5-18-11-22/h3-5,7-8,11-12H,1-2,6,9-10H2,(H3,17,20,24)/t12-/m1/s1. The summed E-state index contributed by atoms with van der Waals surface area (Å²) in [4.78, 5) is 33.7. The first-order valence-electron chi connectivity index (χ1n) is 7.90. The Morgan fingerprint density at radius 3 is 3.00 bits per heavy atom. The average molecular weight is 328 g/mol. The number of likely N-dealkylation sites (tertiary alicyclic amines) is 1. The molecule has 3 heterocycles. The number of pyridine rings is 1. The number of piperidine rings is 1. The van der Waals surface area contributed by atoms with Crippen LogP contribution in [0.1, 0.15) is 23.2 Å². The van der Waals surface area contributed by atoms with Crippen LogP contribution < -0.4 is 11.1 Å². The van der Waals surface area contributed by atoms with E-state index in [-0.39, 0.29) is 11.8 Å². The lowest BCUT2D eigenvalue weighted by Crippen LogP contribution is -2.44. The van der Waals surface area contributed by atoms with Crippen molar-refractivity contribution in [2.24, 2.45) is 11.7 Å². The normalized spacial score (nSPS) is 17.5. The Balaban J connectivity index is 1.69. The van der Waals surface area contributed by atoms with Crippen molar-refractivity contribution in [3.05, 3.63) is 42.6 Å². The fourth-order valence-electron chi connectivity index (χ4n) is 2.93. The molecule has 8 nitrogen and oxygen atoms in total. The molecule has 126 valence electrons. The molecule has 0 aromatic carbocycles. The maximum absolute atomic E-state index is 12.8. The lowest BCUT2D eigenvalue weighted by Gasteiger charge is -2.32. The molecule has 3 amide bonds. The van der Waals surface area contributed by atoms with Gasteiger partial charge in [0.05, 0.1) is 0 Å². The zero-order valence-electron chi connectivity index (χ0n) is 13.3. The second kappa shape index (κ2) is 7.12. The van der Waals surface area contributed by atoms with Gasteiger partial charge in [-0.3, -0.25) is 9.36 Å². The first-order chi connectivity index (χ1) is 11.6. The van der Waals surface area contributed by atoms with Crippen molar-refractivity contribution in [1.29, 1.82) is 0 Å². The molecule has 0 unspecified atom stereocenters. The summed E-state index contributed by atoms with van der Waals surface area (Å²) in [5.41, 5.74) is 5.71. The molecule has 1 fully saturated rings. The van der Waals surface area contributed by atoms with Gasteiger partial charge in [0.1, 0.15) is 12.1 Å². The highest BCUT2D eigenvalue weighted by Gasteiger charge is 2.25. The lowest BCUT2D eigenvalue weighted by atomic mass is 9.97. The van der Waals surface area contributed by atoms with E-state index in [1.807, 2.05) is 4.90 Å². The Labute approximate surface area is 139 Å². The van der Waals surface area contributed by atoms with Crippen LogP contribution in [0.15, 0.2) is 37.1 Å². The Kier molecular flexibility index (Phi) is 4.74. The van der Waals surface area contributed by atoms with Crippen molar-refractivity contribution in [2.75, 3.05) is 19.6 Å². The van der Waals surface area contributed by atoms with Crippen LogP contribution in [-0.2, 0) is 0 Å². The SMILES string of the molecule is NC(=O)NC[C@H]1CCCN(C(=O)c2ccnc(-n3ccnc3)c2)C1. The van der Waals surface area contributed by atoms with Crippen LogP contribution in [0.2, 0.25) is 0 Å². The summed E-state index contributed by atoms with van der Waals surface area (Å²) in [6.07, 6.45) is 8.60. The maximum atomic E-state index is 12.8. The topological polar surface area (TPSA) is 106 Å². The number of carbonyl (C=O) groups is 2. The molecule has 2 aromatic rings. The predicted octanol–water partition coefficient (Wildman–Crippen LogP) is 0.788. The number of hydrogen-bond donors (Lipinski definition) is 2. The second-order valence-corrected chi connectivity index (χ2v) is 5.88. The van der Waals surface area contributed by atoms with Gasteiger partial charge in [0.25, 0.3) is 5.91 Å². The Bertz CT molecular complexity index is 715. The molecule has 1 aliphatic rings. The molecule has 0 saturated carbocycles. The first-order valence-corrected chi connectivity index (χ1v) is 7.90. The maximum Gasteiger partial charge on any atom is 0.312 e. The summed E-state index contributed by atoms with van der Waals surface area (Å²) >= 11 is 0. The van der Waals surface area contributed by atoms with Gasteiger partial charge in [-0.2, -0.15) is 0 Å². The number of carbonyl (C=O) groups excluding carboxylic acids is 2. The van der Waals surface area contributed by atoms with Gasteiger partial charge in [-0.25, -0.2) is 14.8 Å². The van der Waals surface area contributed by atoms with E-state index >= 15 is 0 Å². The monoisotopic (exact) mass is 328 g/mol. The molecule has 1 aliphatic heterocycles. The van der Waals surface area contributed by atoms with Gasteiger partial charge >= 0.3 is 6.03 Å². The van der Waals surface area contributed by atoms with Crippen molar-refractivity contribution >= 4 is 11.9 Å². The number of amides is 3. The quantitative estimate of drug-likeness (QED) is 0.865. The number of nitrogens with one attached hydrogen (secondary N) is 1. The van der Waals surface area contributed by atoms with E-state index in [4.69, 9.17) is 5.73 Å². The van der Waals surface area contributed by atoms with Crippen molar-refractivity contribution in [2.45, 2.75) is 12.8 Å². The van der Waals surface area contributed by atoms with Crippen LogP contribution in [0, 0.1) is 5.92 Å². The van der Waals surface area contributed by atoms with Gasteiger partial charge in [0.2, 0.25) is 0 Å². The smallest absolute Gasteiger partial charge is 0.312 e. The number of nitrogens with two attached hydrogens (primary N) is 1. The van der Waals surface area contributed by atoms with E-state index in [2.05, 4.69) is 15.3 Å². The first kappa shape index (κ1) is 16.0. The third-order valence-corrected chi connectivity index (χ3v) is 4.13. The van der Waals surface area contributed by atoms with Crippen molar-refractivity contribution in [3.63, 3.8) is 0 Å². The Morgan fingerprint density at radius 2 is 2.25 bits per heavy atom. The van der Waals surface area contributed by atoms with E-state index in [0.29, 0.717) is 31.0 Å². The summed E-state index contributed by atoms with van der Waals surface area (Å²) in [6, 6.07) is 2.95. The molecule has 0 radical (unpaired) electrons. The van der Waals surface area contributed by atoms with E-state index < -0.39 is 6.03 Å². The van der Waals surface area contributed by atoms with Crippen LogP contribution in [0.25, 0.3) is 5.82 Å². The lowest BCUT2D eigenvalue weighted by molar-refractivity contribution is 0.0675. The van der Waals surface area contributed by atoms with Gasteiger partial charge in [0.15, 0.2) is 0 Å². The fourth-order valence-corrected chi connectivity index (χ4v) is 2.93. The van der Waals surface area contributed by atoms with Crippen molar-refractivity contribution in [1.82, 2.24) is 24.8 Å². The highest BCUT2D eigenvalue weighted by molar-refractivity contribution is 5.94. The van der Waals surface area contributed by atoms with Crippen molar-refractivity contribution < 1.29 is 9.59 Å². The second-order valence-electron chi connectivity index (χ2n) is 5.88. The molecule has 1 saturated heterocycles. The molecule has 1 atom stereocenters. The van der Waals surface area contributed by atoms with E-state index in [1.165, 1.54) is 0 Å². The minimum Gasteiger partial charge on any atom is -0.352 e. The van der Waals surface area contributed by atoms with Crippen LogP contribution in [-0.4, -0.2) is 51.0 Å². The minimum absolute atomic E-state index is 0.0254. The number of imidazole rings is 1. The van der Waals surface area contributed by atoms with E-state index in [1.54, 1.807) is 41.6 Å². The molecule has 3 rings (SSSR count). The number of nitrogens with zero attached hydrogens (tertiary/aromatic N) is 4. The molecule has 2 aromatic heterocycles. The van der Waals surface area contributed by atoms with Crippen LogP contribution >= 0.6 is 0 Å². The van der Waals surface area contributed by atoms with Gasteiger partial charge in [-0.1, -0.05) is 0 Å². The highest BCUT2D eigenvalue weighted by Crippen LogP contribution is 2.19. The molecule has 3 N–H and O–H groups in total. The number of aromatic nitrogens is 3. The number of urea groups is 1. The van der Waals surface area contributed by atoms with Gasteiger partial charge in [0, 0.05) is 43.8 Å². The molecule has 0 aliphatic carbocycles. The average Bonchev–Trinajstić information content (AvgIpc) is 3.14. The predicted molar refractivity (Wildman–Crippen MR) is 87.6 cm³/mol. The number of rotatable bonds is 4. The highest BCUT2D eigenvalue weighted by atomic mass is 16.2. The Hall–Kier alpha value is -2.90. The molecule has 8 heteroatoms. The zero-order valence-corrected chi connectivity index (χ0v) is 13.3. The fraction of sp³-hybridized carbons (Fsp3) is 0.375. The van der Waals surface area contributed by atoms with Crippen molar-refractivity contribution in [3.8, 4) is 5.82 Å². The van der Waals surface area contributed by atoms with E-state index in [9.17, 15) is 9.59 Å². The minimum atomic E-state index is -0.530. The van der Waals surface area contributed by atoms with Crippen LogP contribution in [0.3, 0.4) is 0 Å². The largest absolute Gasteiger partial charge is 0.352 e. The van der Waals surface area contributed by atoms with E-state index in [0.717, 1.165) is 12.8 Å². The van der Waals surface area contributed by atoms with Gasteiger partial charge < -0.3 is 16.0 Å². The van der Waals surface area contributed by atoms with Crippen LogP contribution in [0.4, 0.5) is 4.79 Å². The third-order valence-electron chi connectivity index (χ3n) is 4.13. The summed E-state index contributed by atoms with van der Waals surface area (Å²) < 4.78 is 1.76. The summed E-state index contributed by atoms with van der Waals surface area (Å²) in [5, 5.41) is 2.62. The third kappa shape index (κ3) is 3.70. The molecule has 0 spiro atoms. The molecule has 24 heavy (non-hydrogen) atoms. The zero-order chi connectivity index (χ0) is 16.9. The summed E-state index contributed by atoms with van der Waals surface area (Å²) in [6.45, 7) is 1.83. The van der Waals surface area contributed by atoms with Gasteiger partial charge in [-0.15, -0.1) is 0 Å². The number of primary amides is 1. The molecular weight excluding hydrogens is 308 g/mol. The summed E-state index contributed by atoms with van der Waals surface area (Å²) in [5.74, 6) is 0.856. The molecular formula is C16H20N6O2. The Morgan fingerprint density at radius 1 is 1.38 bits per heavy atom. The molecule has 0 bridgehead atoms. The summed E-state index contributed by atoms with van der Waals surface area (Å²) in [7, 11) is 0. The van der Waals surface area contributed by atoms with Crippen LogP contribution in [0.5, 0.6) is 0 Å².